The summed E-state index contributed by atoms with van der Waals surface area (Å²) in [5.74, 6) is 1.79. The SMILES string of the molecule is CCC(c1nnc(SCc2csc(-c3ccc(C)cc3)n2)n1Cc1ccccc1)N(C)C. The maximum atomic E-state index is 4.86. The van der Waals surface area contributed by atoms with Gasteiger partial charge in [-0.25, -0.2) is 4.98 Å². The zero-order valence-electron chi connectivity index (χ0n) is 19.0. The molecule has 0 saturated heterocycles. The molecule has 1 atom stereocenters. The second-order valence-electron chi connectivity index (χ2n) is 8.10. The average molecular weight is 464 g/mol. The quantitative estimate of drug-likeness (QED) is 0.282. The number of aromatic nitrogens is 4. The molecule has 2 heterocycles. The molecule has 2 aromatic carbocycles. The van der Waals surface area contributed by atoms with Gasteiger partial charge in [-0.1, -0.05) is 78.8 Å². The monoisotopic (exact) mass is 463 g/mol. The maximum Gasteiger partial charge on any atom is 0.191 e. The fourth-order valence-corrected chi connectivity index (χ4v) is 5.46. The minimum Gasteiger partial charge on any atom is -0.300 e. The first kappa shape index (κ1) is 22.7. The molecule has 0 spiro atoms. The van der Waals surface area contributed by atoms with Crippen molar-refractivity contribution in [1.29, 1.82) is 0 Å². The van der Waals surface area contributed by atoms with Crippen LogP contribution in [0, 0.1) is 6.92 Å². The molecule has 0 aliphatic rings. The second kappa shape index (κ2) is 10.4. The molecule has 0 aliphatic carbocycles. The summed E-state index contributed by atoms with van der Waals surface area (Å²) in [6.45, 7) is 5.06. The molecule has 5 nitrogen and oxygen atoms in total. The van der Waals surface area contributed by atoms with Crippen LogP contribution in [0.3, 0.4) is 0 Å². The van der Waals surface area contributed by atoms with E-state index in [4.69, 9.17) is 4.98 Å². The predicted molar refractivity (Wildman–Crippen MR) is 134 cm³/mol. The Morgan fingerprint density at radius 2 is 1.78 bits per heavy atom. The van der Waals surface area contributed by atoms with Gasteiger partial charge in [0.1, 0.15) is 5.01 Å². The maximum absolute atomic E-state index is 4.86. The van der Waals surface area contributed by atoms with E-state index in [1.807, 2.05) is 0 Å². The zero-order chi connectivity index (χ0) is 22.5. The summed E-state index contributed by atoms with van der Waals surface area (Å²) in [6.07, 6.45) is 0.983. The van der Waals surface area contributed by atoms with Crippen molar-refractivity contribution in [3.05, 3.63) is 82.6 Å². The van der Waals surface area contributed by atoms with Crippen molar-refractivity contribution in [2.24, 2.45) is 0 Å². The van der Waals surface area contributed by atoms with Crippen LogP contribution >= 0.6 is 23.1 Å². The molecule has 4 aromatic rings. The van der Waals surface area contributed by atoms with E-state index in [0.717, 1.165) is 40.4 Å². The smallest absolute Gasteiger partial charge is 0.191 e. The van der Waals surface area contributed by atoms with Crippen LogP contribution in [-0.2, 0) is 12.3 Å². The third-order valence-electron chi connectivity index (χ3n) is 5.44. The van der Waals surface area contributed by atoms with Gasteiger partial charge >= 0.3 is 0 Å². The lowest BCUT2D eigenvalue weighted by Crippen LogP contribution is -2.23. The summed E-state index contributed by atoms with van der Waals surface area (Å²) >= 11 is 3.40. The van der Waals surface area contributed by atoms with Crippen LogP contribution in [0.1, 0.15) is 42.0 Å². The highest BCUT2D eigenvalue weighted by molar-refractivity contribution is 7.98. The van der Waals surface area contributed by atoms with Crippen LogP contribution in [0.5, 0.6) is 0 Å². The second-order valence-corrected chi connectivity index (χ2v) is 9.90. The zero-order valence-corrected chi connectivity index (χ0v) is 20.7. The molecule has 1 unspecified atom stereocenters. The standard InChI is InChI=1S/C25H29N5S2/c1-5-22(29(3)4)23-27-28-25(30(23)15-19-9-7-6-8-10-19)32-17-21-16-31-24(26-21)20-13-11-18(2)12-14-20/h6-14,16,22H,5,15,17H2,1-4H3. The highest BCUT2D eigenvalue weighted by Gasteiger charge is 2.22. The number of nitrogens with zero attached hydrogens (tertiary/aromatic N) is 5. The molecule has 32 heavy (non-hydrogen) atoms. The molecular formula is C25H29N5S2. The molecule has 4 rings (SSSR count). The van der Waals surface area contributed by atoms with Gasteiger partial charge < -0.3 is 4.57 Å². The van der Waals surface area contributed by atoms with E-state index >= 15 is 0 Å². The first-order chi connectivity index (χ1) is 15.5. The number of benzene rings is 2. The fourth-order valence-electron chi connectivity index (χ4n) is 3.69. The summed E-state index contributed by atoms with van der Waals surface area (Å²) < 4.78 is 2.27. The highest BCUT2D eigenvalue weighted by Crippen LogP contribution is 2.30. The van der Waals surface area contributed by atoms with E-state index in [1.54, 1.807) is 23.1 Å². The van der Waals surface area contributed by atoms with Crippen molar-refractivity contribution >= 4 is 23.1 Å². The van der Waals surface area contributed by atoms with Gasteiger partial charge in [0, 0.05) is 16.7 Å². The van der Waals surface area contributed by atoms with Crippen molar-refractivity contribution in [3.8, 4) is 10.6 Å². The van der Waals surface area contributed by atoms with E-state index in [-0.39, 0.29) is 6.04 Å². The number of hydrogen-bond acceptors (Lipinski definition) is 6. The third kappa shape index (κ3) is 5.28. The fraction of sp³-hybridized carbons (Fsp3) is 0.320. The van der Waals surface area contributed by atoms with Crippen molar-refractivity contribution in [1.82, 2.24) is 24.6 Å². The Morgan fingerprint density at radius 1 is 1.03 bits per heavy atom. The van der Waals surface area contributed by atoms with Crippen LogP contribution in [0.4, 0.5) is 0 Å². The third-order valence-corrected chi connectivity index (χ3v) is 7.38. The van der Waals surface area contributed by atoms with Crippen LogP contribution in [0.15, 0.2) is 65.1 Å². The Kier molecular flexibility index (Phi) is 7.40. The van der Waals surface area contributed by atoms with E-state index in [0.29, 0.717) is 0 Å². The molecule has 0 bridgehead atoms. The van der Waals surface area contributed by atoms with Crippen molar-refractivity contribution in [2.45, 2.75) is 43.8 Å². The van der Waals surface area contributed by atoms with Crippen LogP contribution in [-0.4, -0.2) is 38.7 Å². The van der Waals surface area contributed by atoms with E-state index in [2.05, 4.69) is 108 Å². The molecule has 0 amide bonds. The number of aryl methyl sites for hydroxylation is 1. The summed E-state index contributed by atoms with van der Waals surface area (Å²) in [5.41, 5.74) is 4.76. The molecule has 166 valence electrons. The van der Waals surface area contributed by atoms with E-state index in [1.165, 1.54) is 16.7 Å². The summed E-state index contributed by atoms with van der Waals surface area (Å²) in [5, 5.41) is 13.3. The highest BCUT2D eigenvalue weighted by atomic mass is 32.2. The largest absolute Gasteiger partial charge is 0.300 e. The summed E-state index contributed by atoms with van der Waals surface area (Å²) in [6, 6.07) is 19.3. The molecule has 0 fully saturated rings. The number of rotatable bonds is 9. The van der Waals surface area contributed by atoms with Gasteiger partial charge in [0.2, 0.25) is 0 Å². The Labute approximate surface area is 198 Å². The Hall–Kier alpha value is -2.48. The Balaban J connectivity index is 1.55. The van der Waals surface area contributed by atoms with Crippen molar-refractivity contribution < 1.29 is 0 Å². The van der Waals surface area contributed by atoms with Crippen LogP contribution < -0.4 is 0 Å². The molecule has 7 heteroatoms. The summed E-state index contributed by atoms with van der Waals surface area (Å²) in [7, 11) is 4.20. The van der Waals surface area contributed by atoms with Gasteiger partial charge in [0.05, 0.1) is 18.3 Å². The van der Waals surface area contributed by atoms with Crippen molar-refractivity contribution in [2.75, 3.05) is 14.1 Å². The topological polar surface area (TPSA) is 46.8 Å². The average Bonchev–Trinajstić information content (AvgIpc) is 3.42. The van der Waals surface area contributed by atoms with Gasteiger partial charge in [0.25, 0.3) is 0 Å². The lowest BCUT2D eigenvalue weighted by molar-refractivity contribution is 0.272. The van der Waals surface area contributed by atoms with Crippen LogP contribution in [0.2, 0.25) is 0 Å². The normalized spacial score (nSPS) is 12.4. The minimum absolute atomic E-state index is 0.230. The lowest BCUT2D eigenvalue weighted by atomic mass is 10.2. The predicted octanol–water partition coefficient (Wildman–Crippen LogP) is 6.06. The summed E-state index contributed by atoms with van der Waals surface area (Å²) in [4.78, 5) is 7.07. The number of thiazole rings is 1. The number of hydrogen-bond donors (Lipinski definition) is 0. The number of thioether (sulfide) groups is 1. The van der Waals surface area contributed by atoms with Crippen LogP contribution in [0.25, 0.3) is 10.6 Å². The molecular weight excluding hydrogens is 434 g/mol. The van der Waals surface area contributed by atoms with Gasteiger partial charge in [-0.3, -0.25) is 4.90 Å². The molecule has 0 aliphatic heterocycles. The van der Waals surface area contributed by atoms with Gasteiger partial charge in [0.15, 0.2) is 11.0 Å². The molecule has 0 radical (unpaired) electrons. The van der Waals surface area contributed by atoms with Crippen molar-refractivity contribution in [3.63, 3.8) is 0 Å². The Morgan fingerprint density at radius 3 is 2.47 bits per heavy atom. The van der Waals surface area contributed by atoms with E-state index in [9.17, 15) is 0 Å². The van der Waals surface area contributed by atoms with Gasteiger partial charge in [-0.2, -0.15) is 0 Å². The molecule has 2 aromatic heterocycles. The first-order valence-electron chi connectivity index (χ1n) is 10.8. The lowest BCUT2D eigenvalue weighted by Gasteiger charge is -2.23. The Bertz CT molecular complexity index is 1130. The van der Waals surface area contributed by atoms with Gasteiger partial charge in [-0.05, 0) is 33.0 Å². The van der Waals surface area contributed by atoms with E-state index < -0.39 is 0 Å². The van der Waals surface area contributed by atoms with Gasteiger partial charge in [-0.15, -0.1) is 21.5 Å². The first-order valence-corrected chi connectivity index (χ1v) is 12.7. The minimum atomic E-state index is 0.230. The molecule has 0 N–H and O–H groups in total. The molecule has 0 saturated carbocycles.